The molecular formula is C18H31N2O6P. The SMILES string of the molecule is CC(C)C(NC(=O)CCc1ccccc1)P(=O)(O)OC(CCCN)C(=O)O.[HH]. The minimum atomic E-state index is -4.41. The molecule has 1 amide bonds. The lowest BCUT2D eigenvalue weighted by atomic mass is 10.1. The summed E-state index contributed by atoms with van der Waals surface area (Å²) >= 11 is 0. The number of nitrogens with one attached hydrogen (secondary N) is 1. The summed E-state index contributed by atoms with van der Waals surface area (Å²) in [6.07, 6.45) is -0.465. The zero-order chi connectivity index (χ0) is 20.4. The highest BCUT2D eigenvalue weighted by Crippen LogP contribution is 2.50. The number of hydrogen-bond acceptors (Lipinski definition) is 5. The van der Waals surface area contributed by atoms with Crippen LogP contribution in [0.4, 0.5) is 0 Å². The Bertz CT molecular complexity index is 659. The zero-order valence-corrected chi connectivity index (χ0v) is 16.6. The van der Waals surface area contributed by atoms with Crippen LogP contribution < -0.4 is 11.1 Å². The minimum Gasteiger partial charge on any atom is -0.479 e. The second kappa shape index (κ2) is 11.2. The molecule has 1 aromatic rings. The van der Waals surface area contributed by atoms with E-state index in [1.165, 1.54) is 0 Å². The van der Waals surface area contributed by atoms with Gasteiger partial charge in [0.25, 0.3) is 0 Å². The molecule has 0 aliphatic rings. The van der Waals surface area contributed by atoms with Crippen LogP contribution in [-0.2, 0) is 25.1 Å². The Morgan fingerprint density at radius 3 is 2.44 bits per heavy atom. The average molecular weight is 402 g/mol. The first-order valence-corrected chi connectivity index (χ1v) is 10.6. The Morgan fingerprint density at radius 2 is 1.93 bits per heavy atom. The largest absolute Gasteiger partial charge is 0.479 e. The van der Waals surface area contributed by atoms with E-state index < -0.39 is 37.3 Å². The monoisotopic (exact) mass is 402 g/mol. The molecule has 1 aromatic carbocycles. The summed E-state index contributed by atoms with van der Waals surface area (Å²) in [7, 11) is -4.41. The van der Waals surface area contributed by atoms with Gasteiger partial charge in [0.1, 0.15) is 5.78 Å². The molecule has 9 heteroatoms. The number of rotatable bonds is 12. The van der Waals surface area contributed by atoms with Crippen LogP contribution in [0, 0.1) is 5.92 Å². The van der Waals surface area contributed by atoms with Crippen LogP contribution in [0.25, 0.3) is 0 Å². The lowest BCUT2D eigenvalue weighted by molar-refractivity contribution is -0.145. The zero-order valence-electron chi connectivity index (χ0n) is 15.7. The van der Waals surface area contributed by atoms with Gasteiger partial charge in [-0.25, -0.2) is 4.79 Å². The molecule has 3 unspecified atom stereocenters. The summed E-state index contributed by atoms with van der Waals surface area (Å²) in [5.74, 6) is -3.36. The van der Waals surface area contributed by atoms with Crippen LogP contribution in [-0.4, -0.2) is 40.3 Å². The molecule has 0 saturated carbocycles. The van der Waals surface area contributed by atoms with Gasteiger partial charge in [-0.05, 0) is 37.3 Å². The Kier molecular flexibility index (Phi) is 9.66. The molecule has 0 bridgehead atoms. The van der Waals surface area contributed by atoms with Crippen molar-refractivity contribution in [2.24, 2.45) is 11.7 Å². The maximum atomic E-state index is 12.7. The van der Waals surface area contributed by atoms with E-state index >= 15 is 0 Å². The standard InChI is InChI=1S/C18H29N2O6P.H2/c1-13(2)17(20-16(21)11-10-14-7-4-3-5-8-14)27(24,25)26-15(18(22)23)9-6-12-19;/h3-5,7-8,13,15,17H,6,9-12,19H2,1-2H3,(H,20,21)(H,22,23)(H,24,25);1H. The van der Waals surface area contributed by atoms with Gasteiger partial charge in [0, 0.05) is 7.85 Å². The maximum absolute atomic E-state index is 12.7. The van der Waals surface area contributed by atoms with Crippen molar-refractivity contribution < 1.29 is 30.1 Å². The van der Waals surface area contributed by atoms with E-state index in [9.17, 15) is 24.2 Å². The van der Waals surface area contributed by atoms with Crippen LogP contribution in [0.1, 0.15) is 40.1 Å². The molecule has 154 valence electrons. The number of amides is 1. The van der Waals surface area contributed by atoms with Crippen molar-refractivity contribution in [3.63, 3.8) is 0 Å². The lowest BCUT2D eigenvalue weighted by Crippen LogP contribution is -2.40. The number of carbonyl (C=O) groups excluding carboxylic acids is 1. The van der Waals surface area contributed by atoms with E-state index in [4.69, 9.17) is 10.3 Å². The van der Waals surface area contributed by atoms with Crippen molar-refractivity contribution in [2.45, 2.75) is 51.4 Å². The molecule has 0 heterocycles. The molecular weight excluding hydrogens is 371 g/mol. The molecule has 0 radical (unpaired) electrons. The van der Waals surface area contributed by atoms with Gasteiger partial charge in [0.2, 0.25) is 5.91 Å². The third kappa shape index (κ3) is 8.22. The molecule has 8 nitrogen and oxygen atoms in total. The molecule has 0 aliphatic heterocycles. The molecule has 0 fully saturated rings. The summed E-state index contributed by atoms with van der Waals surface area (Å²) in [5, 5.41) is 11.7. The van der Waals surface area contributed by atoms with Gasteiger partial charge in [-0.3, -0.25) is 13.9 Å². The smallest absolute Gasteiger partial charge is 0.351 e. The van der Waals surface area contributed by atoms with Gasteiger partial charge in [-0.2, -0.15) is 0 Å². The summed E-state index contributed by atoms with van der Waals surface area (Å²) in [4.78, 5) is 33.8. The fourth-order valence-corrected chi connectivity index (χ4v) is 4.29. The number of hydrogen-bond donors (Lipinski definition) is 4. The Balaban J connectivity index is 0.00000729. The first-order valence-electron chi connectivity index (χ1n) is 8.94. The molecule has 1 rings (SSSR count). The molecule has 27 heavy (non-hydrogen) atoms. The number of carboxylic acid groups (broad SMARTS) is 1. The first kappa shape index (κ1) is 23.3. The van der Waals surface area contributed by atoms with Crippen molar-refractivity contribution in [1.82, 2.24) is 5.32 Å². The molecule has 5 N–H and O–H groups in total. The quantitative estimate of drug-likeness (QED) is 0.394. The number of carboxylic acids is 1. The maximum Gasteiger partial charge on any atom is 0.351 e. The van der Waals surface area contributed by atoms with E-state index in [0.29, 0.717) is 12.8 Å². The van der Waals surface area contributed by atoms with E-state index in [0.717, 1.165) is 5.56 Å². The van der Waals surface area contributed by atoms with E-state index in [1.807, 2.05) is 30.3 Å². The number of benzene rings is 1. The summed E-state index contributed by atoms with van der Waals surface area (Å²) in [6.45, 7) is 3.56. The molecule has 0 aliphatic carbocycles. The highest BCUT2D eigenvalue weighted by Gasteiger charge is 2.40. The Hall–Kier alpha value is -1.73. The molecule has 3 atom stereocenters. The van der Waals surface area contributed by atoms with Gasteiger partial charge in [-0.1, -0.05) is 44.2 Å². The van der Waals surface area contributed by atoms with Gasteiger partial charge < -0.3 is 21.1 Å². The van der Waals surface area contributed by atoms with Crippen molar-refractivity contribution in [3.05, 3.63) is 35.9 Å². The second-order valence-electron chi connectivity index (χ2n) is 6.67. The summed E-state index contributed by atoms with van der Waals surface area (Å²) in [5.41, 5.74) is 6.34. The number of aryl methyl sites for hydroxylation is 1. The first-order chi connectivity index (χ1) is 12.7. The fraction of sp³-hybridized carbons (Fsp3) is 0.556. The fourth-order valence-electron chi connectivity index (χ4n) is 2.54. The van der Waals surface area contributed by atoms with E-state index in [2.05, 4.69) is 5.32 Å². The second-order valence-corrected chi connectivity index (χ2v) is 8.56. The average Bonchev–Trinajstić information content (AvgIpc) is 2.61. The van der Waals surface area contributed by atoms with Crippen LogP contribution in [0.15, 0.2) is 30.3 Å². The Labute approximate surface area is 161 Å². The van der Waals surface area contributed by atoms with Gasteiger partial charge in [-0.15, -0.1) is 0 Å². The number of carbonyl (C=O) groups is 2. The third-order valence-electron chi connectivity index (χ3n) is 4.00. The van der Waals surface area contributed by atoms with Crippen molar-refractivity contribution in [2.75, 3.05) is 6.54 Å². The van der Waals surface area contributed by atoms with Crippen LogP contribution >= 0.6 is 7.60 Å². The van der Waals surface area contributed by atoms with Gasteiger partial charge >= 0.3 is 13.6 Å². The minimum absolute atomic E-state index is 0. The highest BCUT2D eigenvalue weighted by atomic mass is 31.2. The van der Waals surface area contributed by atoms with Crippen molar-refractivity contribution in [3.8, 4) is 0 Å². The summed E-state index contributed by atoms with van der Waals surface area (Å²) in [6, 6.07) is 9.40. The Morgan fingerprint density at radius 1 is 1.30 bits per heavy atom. The van der Waals surface area contributed by atoms with Gasteiger partial charge in [0.15, 0.2) is 6.10 Å². The normalized spacial score (nSPS) is 15.7. The topological polar surface area (TPSA) is 139 Å². The van der Waals surface area contributed by atoms with Crippen LogP contribution in [0.2, 0.25) is 0 Å². The van der Waals surface area contributed by atoms with Crippen LogP contribution in [0.3, 0.4) is 0 Å². The third-order valence-corrected chi connectivity index (χ3v) is 5.98. The van der Waals surface area contributed by atoms with Crippen molar-refractivity contribution in [1.29, 1.82) is 0 Å². The van der Waals surface area contributed by atoms with E-state index in [-0.39, 0.29) is 20.8 Å². The van der Waals surface area contributed by atoms with Crippen molar-refractivity contribution >= 4 is 19.5 Å². The van der Waals surface area contributed by atoms with Crippen LogP contribution in [0.5, 0.6) is 0 Å². The van der Waals surface area contributed by atoms with E-state index in [1.54, 1.807) is 13.8 Å². The summed E-state index contributed by atoms with van der Waals surface area (Å²) < 4.78 is 17.7. The molecule has 0 spiro atoms. The lowest BCUT2D eigenvalue weighted by Gasteiger charge is -2.28. The molecule has 0 aromatic heterocycles. The molecule has 0 saturated heterocycles. The highest BCUT2D eigenvalue weighted by molar-refractivity contribution is 7.53. The predicted octanol–water partition coefficient (Wildman–Crippen LogP) is 2.36. The number of nitrogens with two attached hydrogens (primary N) is 1. The number of aliphatic carboxylic acids is 1. The predicted molar refractivity (Wildman–Crippen MR) is 104 cm³/mol. The van der Waals surface area contributed by atoms with Gasteiger partial charge in [0.05, 0.1) is 0 Å².